The third-order valence-corrected chi connectivity index (χ3v) is 3.96. The summed E-state index contributed by atoms with van der Waals surface area (Å²) in [5.41, 5.74) is 6.85. The topological polar surface area (TPSA) is 45.4 Å². The van der Waals surface area contributed by atoms with E-state index in [-0.39, 0.29) is 0 Å². The lowest BCUT2D eigenvalue weighted by atomic mass is 10.1. The number of aromatic nitrogens is 1. The quantitative estimate of drug-likeness (QED) is 0.820. The molecule has 4 nitrogen and oxygen atoms in total. The lowest BCUT2D eigenvalue weighted by molar-refractivity contribution is 0.230. The summed E-state index contributed by atoms with van der Waals surface area (Å²) in [4.78, 5) is 9.50. The summed E-state index contributed by atoms with van der Waals surface area (Å²) < 4.78 is 0. The minimum atomic E-state index is 0.596. The fourth-order valence-corrected chi connectivity index (χ4v) is 2.96. The van der Waals surface area contributed by atoms with Gasteiger partial charge in [0.1, 0.15) is 5.82 Å². The van der Waals surface area contributed by atoms with Crippen molar-refractivity contribution in [3.05, 3.63) is 23.9 Å². The van der Waals surface area contributed by atoms with E-state index in [1.54, 1.807) is 0 Å². The molecule has 17 heavy (non-hydrogen) atoms. The van der Waals surface area contributed by atoms with Gasteiger partial charge in [-0.25, -0.2) is 4.98 Å². The number of hydrogen-bond donors (Lipinski definition) is 1. The molecule has 2 saturated heterocycles. The molecule has 1 atom stereocenters. The van der Waals surface area contributed by atoms with Crippen molar-refractivity contribution in [2.75, 3.05) is 31.1 Å². The van der Waals surface area contributed by atoms with Crippen LogP contribution in [0, 0.1) is 0 Å². The Bertz CT molecular complexity index is 393. The fraction of sp³-hybridized carbons (Fsp3) is 0.615. The monoisotopic (exact) mass is 232 g/mol. The van der Waals surface area contributed by atoms with Gasteiger partial charge in [-0.3, -0.25) is 4.90 Å². The molecule has 1 unspecified atom stereocenters. The van der Waals surface area contributed by atoms with E-state index in [1.807, 2.05) is 12.3 Å². The Morgan fingerprint density at radius 2 is 2.29 bits per heavy atom. The number of piperazine rings is 1. The Hall–Kier alpha value is -1.13. The van der Waals surface area contributed by atoms with Gasteiger partial charge in [0.25, 0.3) is 0 Å². The molecule has 92 valence electrons. The van der Waals surface area contributed by atoms with E-state index in [1.165, 1.54) is 31.5 Å². The zero-order valence-corrected chi connectivity index (χ0v) is 10.2. The van der Waals surface area contributed by atoms with Crippen molar-refractivity contribution in [1.82, 2.24) is 9.88 Å². The minimum Gasteiger partial charge on any atom is -0.354 e. The number of pyridine rings is 1. The van der Waals surface area contributed by atoms with Gasteiger partial charge in [-0.15, -0.1) is 0 Å². The van der Waals surface area contributed by atoms with E-state index in [4.69, 9.17) is 5.73 Å². The third-order valence-electron chi connectivity index (χ3n) is 3.96. The molecular formula is C13H20N4. The van der Waals surface area contributed by atoms with Crippen molar-refractivity contribution < 1.29 is 0 Å². The van der Waals surface area contributed by atoms with E-state index >= 15 is 0 Å². The Labute approximate surface area is 102 Å². The van der Waals surface area contributed by atoms with Gasteiger partial charge in [-0.2, -0.15) is 0 Å². The number of fused-ring (bicyclic) bond motifs is 1. The summed E-state index contributed by atoms with van der Waals surface area (Å²) in [5, 5.41) is 0. The maximum atomic E-state index is 5.68. The first kappa shape index (κ1) is 11.0. The van der Waals surface area contributed by atoms with E-state index in [9.17, 15) is 0 Å². The van der Waals surface area contributed by atoms with Gasteiger partial charge in [-0.05, 0) is 37.1 Å². The van der Waals surface area contributed by atoms with Gasteiger partial charge in [0.2, 0.25) is 0 Å². The van der Waals surface area contributed by atoms with Gasteiger partial charge in [-0.1, -0.05) is 0 Å². The Kier molecular flexibility index (Phi) is 2.99. The van der Waals surface area contributed by atoms with E-state index < -0.39 is 0 Å². The van der Waals surface area contributed by atoms with Crippen LogP contribution in [0.15, 0.2) is 18.3 Å². The Morgan fingerprint density at radius 1 is 1.35 bits per heavy atom. The largest absolute Gasteiger partial charge is 0.354 e. The van der Waals surface area contributed by atoms with Crippen LogP contribution < -0.4 is 10.6 Å². The maximum absolute atomic E-state index is 5.68. The number of hydrogen-bond acceptors (Lipinski definition) is 4. The SMILES string of the molecule is NCc1ccnc(N2CCN3CCCC3C2)c1. The predicted molar refractivity (Wildman–Crippen MR) is 68.9 cm³/mol. The van der Waals surface area contributed by atoms with Crippen LogP contribution in [0.4, 0.5) is 5.82 Å². The fourth-order valence-electron chi connectivity index (χ4n) is 2.96. The molecule has 2 fully saturated rings. The molecule has 0 aromatic carbocycles. The van der Waals surface area contributed by atoms with Crippen LogP contribution in [0.3, 0.4) is 0 Å². The molecule has 0 amide bonds. The van der Waals surface area contributed by atoms with Gasteiger partial charge >= 0.3 is 0 Å². The minimum absolute atomic E-state index is 0.596. The summed E-state index contributed by atoms with van der Waals surface area (Å²) in [6.07, 6.45) is 4.57. The zero-order valence-electron chi connectivity index (χ0n) is 10.2. The Balaban J connectivity index is 1.75. The second-order valence-electron chi connectivity index (χ2n) is 5.00. The van der Waals surface area contributed by atoms with Crippen molar-refractivity contribution in [3.8, 4) is 0 Å². The van der Waals surface area contributed by atoms with Gasteiger partial charge in [0, 0.05) is 38.4 Å². The van der Waals surface area contributed by atoms with Crippen molar-refractivity contribution in [2.45, 2.75) is 25.4 Å². The molecule has 3 heterocycles. The molecule has 4 heteroatoms. The number of nitrogens with zero attached hydrogens (tertiary/aromatic N) is 3. The summed E-state index contributed by atoms with van der Waals surface area (Å²) in [6, 6.07) is 4.87. The molecule has 1 aromatic rings. The van der Waals surface area contributed by atoms with E-state index in [0.29, 0.717) is 6.54 Å². The summed E-state index contributed by atoms with van der Waals surface area (Å²) >= 11 is 0. The van der Waals surface area contributed by atoms with E-state index in [0.717, 1.165) is 24.9 Å². The highest BCUT2D eigenvalue weighted by Crippen LogP contribution is 2.24. The molecule has 0 saturated carbocycles. The standard InChI is InChI=1S/C13H20N4/c14-9-11-3-4-15-13(8-11)17-7-6-16-5-1-2-12(16)10-17/h3-4,8,12H,1-2,5-7,9-10,14H2. The molecule has 0 bridgehead atoms. The second-order valence-corrected chi connectivity index (χ2v) is 5.00. The molecule has 2 aliphatic rings. The molecule has 0 aliphatic carbocycles. The molecule has 2 aliphatic heterocycles. The first-order chi connectivity index (χ1) is 8.36. The van der Waals surface area contributed by atoms with Crippen LogP contribution in [0.25, 0.3) is 0 Å². The predicted octanol–water partition coefficient (Wildman–Crippen LogP) is 0.825. The van der Waals surface area contributed by atoms with Crippen molar-refractivity contribution in [1.29, 1.82) is 0 Å². The van der Waals surface area contributed by atoms with Crippen LogP contribution in [-0.2, 0) is 6.54 Å². The highest BCUT2D eigenvalue weighted by molar-refractivity contribution is 5.42. The van der Waals surface area contributed by atoms with Gasteiger partial charge in [0.15, 0.2) is 0 Å². The second kappa shape index (κ2) is 4.63. The van der Waals surface area contributed by atoms with Crippen molar-refractivity contribution in [2.24, 2.45) is 5.73 Å². The third kappa shape index (κ3) is 2.15. The van der Waals surface area contributed by atoms with Crippen LogP contribution in [0.5, 0.6) is 0 Å². The number of nitrogens with two attached hydrogens (primary N) is 1. The van der Waals surface area contributed by atoms with E-state index in [2.05, 4.69) is 20.9 Å². The molecular weight excluding hydrogens is 212 g/mol. The normalized spacial score (nSPS) is 25.0. The summed E-state index contributed by atoms with van der Waals surface area (Å²) in [6.45, 7) is 5.28. The Morgan fingerprint density at radius 3 is 3.18 bits per heavy atom. The maximum Gasteiger partial charge on any atom is 0.128 e. The summed E-state index contributed by atoms with van der Waals surface area (Å²) in [5.74, 6) is 1.10. The summed E-state index contributed by atoms with van der Waals surface area (Å²) in [7, 11) is 0. The van der Waals surface area contributed by atoms with Crippen molar-refractivity contribution >= 4 is 5.82 Å². The smallest absolute Gasteiger partial charge is 0.128 e. The number of rotatable bonds is 2. The van der Waals surface area contributed by atoms with Crippen LogP contribution in [0.1, 0.15) is 18.4 Å². The van der Waals surface area contributed by atoms with Gasteiger partial charge in [0.05, 0.1) is 0 Å². The zero-order chi connectivity index (χ0) is 11.7. The van der Waals surface area contributed by atoms with Crippen LogP contribution in [0.2, 0.25) is 0 Å². The molecule has 3 rings (SSSR count). The first-order valence-electron chi connectivity index (χ1n) is 6.51. The highest BCUT2D eigenvalue weighted by Gasteiger charge is 2.30. The molecule has 1 aromatic heterocycles. The molecule has 2 N–H and O–H groups in total. The van der Waals surface area contributed by atoms with Crippen LogP contribution in [-0.4, -0.2) is 42.1 Å². The number of anilines is 1. The average Bonchev–Trinajstić information content (AvgIpc) is 2.86. The first-order valence-corrected chi connectivity index (χ1v) is 6.51. The van der Waals surface area contributed by atoms with Crippen LogP contribution >= 0.6 is 0 Å². The molecule has 0 radical (unpaired) electrons. The van der Waals surface area contributed by atoms with Gasteiger partial charge < -0.3 is 10.6 Å². The molecule has 0 spiro atoms. The highest BCUT2D eigenvalue weighted by atomic mass is 15.3. The average molecular weight is 232 g/mol. The van der Waals surface area contributed by atoms with Crippen molar-refractivity contribution in [3.63, 3.8) is 0 Å². The lowest BCUT2D eigenvalue weighted by Gasteiger charge is -2.38. The lowest BCUT2D eigenvalue weighted by Crippen LogP contribution is -2.50.